The maximum atomic E-state index is 12.6. The molecule has 10 aromatic rings. The van der Waals surface area contributed by atoms with E-state index in [4.69, 9.17) is 22.3 Å². The van der Waals surface area contributed by atoms with Crippen LogP contribution in [0.4, 0.5) is 0 Å². The first-order valence-corrected chi connectivity index (χ1v) is 24.7. The van der Waals surface area contributed by atoms with Gasteiger partial charge in [-0.3, -0.25) is 9.55 Å². The van der Waals surface area contributed by atoms with E-state index in [9.17, 15) is 5.11 Å². The Kier molecular flexibility index (Phi) is 11.3. The van der Waals surface area contributed by atoms with Crippen LogP contribution >= 0.6 is 0 Å². The normalized spacial score (nSPS) is 14.2. The second kappa shape index (κ2) is 20.4. The summed E-state index contributed by atoms with van der Waals surface area (Å²) in [6.45, 7) is 5.10. The summed E-state index contributed by atoms with van der Waals surface area (Å²) in [6.07, 6.45) is 1.66. The maximum Gasteiger partial charge on any atom is 0.148 e. The summed E-state index contributed by atoms with van der Waals surface area (Å²) in [5, 5.41) is 12.6. The molecule has 5 heteroatoms. The smallest absolute Gasteiger partial charge is 0.148 e. The molecule has 0 amide bonds. The molecule has 1 N–H and O–H groups in total. The van der Waals surface area contributed by atoms with Gasteiger partial charge in [-0.05, 0) is 109 Å². The van der Waals surface area contributed by atoms with Crippen molar-refractivity contribution in [3.8, 4) is 89.7 Å². The molecule has 0 unspecified atom stereocenters. The van der Waals surface area contributed by atoms with Crippen molar-refractivity contribution in [1.29, 1.82) is 0 Å². The minimum Gasteiger partial charge on any atom is -0.507 e. The molecule has 0 radical (unpaired) electrons. The summed E-state index contributed by atoms with van der Waals surface area (Å²) in [6, 6.07) is 63.2. The standard InChI is InChI=1S/C68H64N3O.Pt/c1-43(2)50-38-56(44(3)4)65(72)59(39-50)66-70-64-55(27-20-28-62(64)71(66)63-42-57(47-23-16-12-17-24-47)60(68(8,9)10)41-58(63)48-25-18-13-19-26-48)52-35-51(45-21-14-11-15-22-45)36-53(37-52)61-40-49(33-34-69-61)46-29-31-54(32-30-46)67(5,6)7;/h11-36,38-44,72H,1-10H3;/q-1;/i5D3,6D3,7D3;. The second-order valence-corrected chi connectivity index (χ2v) is 20.5. The van der Waals surface area contributed by atoms with Crippen LogP contribution in [0.5, 0.6) is 5.75 Å². The number of hydrogen-bond acceptors (Lipinski definition) is 3. The Morgan fingerprint density at radius 3 is 1.77 bits per heavy atom. The van der Waals surface area contributed by atoms with Crippen LogP contribution < -0.4 is 0 Å². The van der Waals surface area contributed by atoms with E-state index < -0.39 is 26.0 Å². The van der Waals surface area contributed by atoms with Gasteiger partial charge in [-0.25, -0.2) is 4.98 Å². The molecule has 0 fully saturated rings. The molecule has 10 rings (SSSR count). The van der Waals surface area contributed by atoms with E-state index in [-0.39, 0.29) is 49.6 Å². The number of nitrogens with zero attached hydrogens (tertiary/aromatic N) is 3. The van der Waals surface area contributed by atoms with Crippen molar-refractivity contribution in [3.63, 3.8) is 0 Å². The van der Waals surface area contributed by atoms with Crippen LogP contribution in [0.3, 0.4) is 0 Å². The zero-order valence-electron chi connectivity index (χ0n) is 51.2. The molecule has 0 aliphatic carbocycles. The number of hydrogen-bond donors (Lipinski definition) is 1. The maximum absolute atomic E-state index is 12.6. The fourth-order valence-corrected chi connectivity index (χ4v) is 9.78. The van der Waals surface area contributed by atoms with Gasteiger partial charge < -0.3 is 5.11 Å². The number of phenolic OH excluding ortho intramolecular Hbond substituents is 1. The SMILES string of the molecule is [2H]C([2H])([2H])C(c1ccc(-c2ccnc(-c3[c-]c(-c4cccc5c4nc(-c4cc(C(C)C)cc(C(C)C)c4O)n5-c4cc(-c5ccccc5)c(C(C)(C)C)cc4-c4ccccc4)cc(-c4ccccc4)c3)c2)cc1)(C([2H])([2H])[2H])C([2H])([2H])[2H].[Pt]. The van der Waals surface area contributed by atoms with E-state index in [2.05, 4.69) is 150 Å². The van der Waals surface area contributed by atoms with Crippen molar-refractivity contribution in [2.24, 2.45) is 0 Å². The van der Waals surface area contributed by atoms with Crippen molar-refractivity contribution in [1.82, 2.24) is 14.5 Å². The molecule has 4 nitrogen and oxygen atoms in total. The third-order valence-corrected chi connectivity index (χ3v) is 13.7. The molecule has 0 spiro atoms. The fourth-order valence-electron chi connectivity index (χ4n) is 9.78. The van der Waals surface area contributed by atoms with Gasteiger partial charge in [0.15, 0.2) is 0 Å². The summed E-state index contributed by atoms with van der Waals surface area (Å²) in [7, 11) is 0. The molecule has 73 heavy (non-hydrogen) atoms. The number of fused-ring (bicyclic) bond motifs is 1. The summed E-state index contributed by atoms with van der Waals surface area (Å²) in [5.74, 6) is 0.910. The predicted octanol–water partition coefficient (Wildman–Crippen LogP) is 18.4. The predicted molar refractivity (Wildman–Crippen MR) is 303 cm³/mol. The average molecular weight is 1140 g/mol. The number of phenols is 1. The van der Waals surface area contributed by atoms with Crippen LogP contribution in [0.15, 0.2) is 188 Å². The monoisotopic (exact) mass is 1140 g/mol. The van der Waals surface area contributed by atoms with Gasteiger partial charge in [0.25, 0.3) is 0 Å². The zero-order chi connectivity index (χ0) is 58.0. The van der Waals surface area contributed by atoms with Gasteiger partial charge in [0.05, 0.1) is 22.3 Å². The number of para-hydroxylation sites is 1. The number of imidazole rings is 1. The molecule has 0 saturated heterocycles. The van der Waals surface area contributed by atoms with E-state index in [1.54, 1.807) is 24.4 Å². The van der Waals surface area contributed by atoms with Crippen molar-refractivity contribution >= 4 is 11.0 Å². The Morgan fingerprint density at radius 1 is 0.534 bits per heavy atom. The number of aromatic nitrogens is 3. The van der Waals surface area contributed by atoms with Gasteiger partial charge in [-0.2, -0.15) is 0 Å². The summed E-state index contributed by atoms with van der Waals surface area (Å²) in [4.78, 5) is 10.6. The summed E-state index contributed by atoms with van der Waals surface area (Å²) < 4.78 is 76.6. The third-order valence-electron chi connectivity index (χ3n) is 13.7. The van der Waals surface area contributed by atoms with Crippen molar-refractivity contribution in [2.75, 3.05) is 0 Å². The van der Waals surface area contributed by atoms with E-state index in [0.717, 1.165) is 66.8 Å². The molecular weight excluding hydrogens is 1070 g/mol. The van der Waals surface area contributed by atoms with Gasteiger partial charge >= 0.3 is 0 Å². The molecule has 2 heterocycles. The molecule has 0 atom stereocenters. The zero-order valence-corrected chi connectivity index (χ0v) is 44.4. The Morgan fingerprint density at radius 2 is 1.15 bits per heavy atom. The molecule has 2 aromatic heterocycles. The van der Waals surface area contributed by atoms with Crippen LogP contribution in [-0.2, 0) is 31.9 Å². The number of aromatic hydroxyl groups is 1. The second-order valence-electron chi connectivity index (χ2n) is 20.5. The topological polar surface area (TPSA) is 50.9 Å². The van der Waals surface area contributed by atoms with E-state index in [1.807, 2.05) is 60.7 Å². The van der Waals surface area contributed by atoms with E-state index in [0.29, 0.717) is 39.3 Å². The Hall–Kier alpha value is -7.13. The third kappa shape index (κ3) is 10.2. The van der Waals surface area contributed by atoms with Crippen molar-refractivity contribution < 1.29 is 38.5 Å². The molecule has 0 aliphatic heterocycles. The molecule has 0 saturated carbocycles. The number of pyridine rings is 1. The number of benzene rings is 8. The quantitative estimate of drug-likeness (QED) is 0.139. The molecular formula is C68H64N3OPt-. The Bertz CT molecular complexity index is 3900. The first-order valence-electron chi connectivity index (χ1n) is 29.2. The van der Waals surface area contributed by atoms with Crippen molar-refractivity contribution in [3.05, 3.63) is 217 Å². The van der Waals surface area contributed by atoms with Crippen LogP contribution in [0, 0.1) is 6.07 Å². The van der Waals surface area contributed by atoms with Gasteiger partial charge in [0.2, 0.25) is 0 Å². The van der Waals surface area contributed by atoms with E-state index >= 15 is 0 Å². The van der Waals surface area contributed by atoms with Crippen LogP contribution in [0.2, 0.25) is 0 Å². The minimum absolute atomic E-state index is 0. The molecule has 0 aliphatic rings. The first-order chi connectivity index (χ1) is 38.3. The van der Waals surface area contributed by atoms with Gasteiger partial charge in [-0.15, -0.1) is 23.8 Å². The van der Waals surface area contributed by atoms with Gasteiger partial charge in [0, 0.05) is 50.9 Å². The molecule has 8 aromatic carbocycles. The first kappa shape index (κ1) is 40.4. The van der Waals surface area contributed by atoms with Crippen molar-refractivity contribution in [2.45, 2.75) is 91.7 Å². The van der Waals surface area contributed by atoms with Gasteiger partial charge in [-0.1, -0.05) is 225 Å². The number of rotatable bonds is 10. The van der Waals surface area contributed by atoms with E-state index in [1.165, 1.54) is 17.7 Å². The van der Waals surface area contributed by atoms with Crippen LogP contribution in [0.25, 0.3) is 95.0 Å². The molecule has 368 valence electrons. The fraction of sp³-hybridized carbons (Fsp3) is 0.206. The molecule has 0 bridgehead atoms. The Balaban J connectivity index is 0.00000810. The Labute approximate surface area is 459 Å². The minimum atomic E-state index is -3.39. The van der Waals surface area contributed by atoms with Crippen LogP contribution in [0.1, 0.15) is 115 Å². The largest absolute Gasteiger partial charge is 0.507 e. The van der Waals surface area contributed by atoms with Crippen LogP contribution in [-0.4, -0.2) is 19.6 Å². The van der Waals surface area contributed by atoms with Gasteiger partial charge in [0.1, 0.15) is 11.6 Å². The summed E-state index contributed by atoms with van der Waals surface area (Å²) in [5.41, 5.74) is 12.4. The summed E-state index contributed by atoms with van der Waals surface area (Å²) >= 11 is 0. The average Bonchev–Trinajstić information content (AvgIpc) is 1.26.